The van der Waals surface area contributed by atoms with Crippen LogP contribution in [0.5, 0.6) is 0 Å². The van der Waals surface area contributed by atoms with E-state index in [1.807, 2.05) is 24.3 Å². The van der Waals surface area contributed by atoms with Crippen molar-refractivity contribution in [2.75, 3.05) is 18.4 Å². The maximum Gasteiger partial charge on any atom is 0.226 e. The largest absolute Gasteiger partial charge is 0.342 e. The molecule has 0 saturated carbocycles. The maximum absolute atomic E-state index is 13.0. The van der Waals surface area contributed by atoms with E-state index in [-0.39, 0.29) is 29.5 Å². The summed E-state index contributed by atoms with van der Waals surface area (Å²) in [5, 5.41) is 2.88. The third-order valence-electron chi connectivity index (χ3n) is 4.67. The summed E-state index contributed by atoms with van der Waals surface area (Å²) >= 11 is 0. The predicted molar refractivity (Wildman–Crippen MR) is 111 cm³/mol. The molecule has 0 aromatic heterocycles. The first-order valence-corrected chi connectivity index (χ1v) is 9.55. The standard InChI is InChI=1S/C23H29FN2O2/c1-17(27)26(15-13-18-5-9-20(24)10-6-18)16-14-22(28)25-21-11-7-19(8-12-21)23(2,3)4/h5-12H,13-16H2,1-4H3,(H,25,28). The van der Waals surface area contributed by atoms with Gasteiger partial charge in [0.1, 0.15) is 5.82 Å². The molecular weight excluding hydrogens is 355 g/mol. The Hall–Kier alpha value is -2.69. The smallest absolute Gasteiger partial charge is 0.226 e. The van der Waals surface area contributed by atoms with Crippen molar-refractivity contribution in [3.63, 3.8) is 0 Å². The van der Waals surface area contributed by atoms with Gasteiger partial charge in [0.25, 0.3) is 0 Å². The van der Waals surface area contributed by atoms with Gasteiger partial charge >= 0.3 is 0 Å². The molecule has 2 amide bonds. The lowest BCUT2D eigenvalue weighted by atomic mass is 9.87. The number of carbonyl (C=O) groups excluding carboxylic acids is 2. The van der Waals surface area contributed by atoms with Gasteiger partial charge in [0.15, 0.2) is 0 Å². The first-order valence-electron chi connectivity index (χ1n) is 9.55. The summed E-state index contributed by atoms with van der Waals surface area (Å²) in [6, 6.07) is 14.1. The summed E-state index contributed by atoms with van der Waals surface area (Å²) < 4.78 is 13.0. The van der Waals surface area contributed by atoms with Crippen LogP contribution in [0.3, 0.4) is 0 Å². The first kappa shape index (κ1) is 21.6. The number of anilines is 1. The molecule has 0 saturated heterocycles. The molecule has 0 atom stereocenters. The highest BCUT2D eigenvalue weighted by Crippen LogP contribution is 2.23. The van der Waals surface area contributed by atoms with E-state index in [1.165, 1.54) is 24.6 Å². The van der Waals surface area contributed by atoms with Gasteiger partial charge in [-0.3, -0.25) is 9.59 Å². The number of hydrogen-bond donors (Lipinski definition) is 1. The summed E-state index contributed by atoms with van der Waals surface area (Å²) in [4.78, 5) is 25.7. The fraction of sp³-hybridized carbons (Fsp3) is 0.391. The molecule has 2 aromatic carbocycles. The normalized spacial score (nSPS) is 11.2. The average Bonchev–Trinajstić information content (AvgIpc) is 2.62. The van der Waals surface area contributed by atoms with Crippen molar-refractivity contribution in [1.82, 2.24) is 4.90 Å². The van der Waals surface area contributed by atoms with Gasteiger partial charge in [-0.1, -0.05) is 45.0 Å². The molecule has 2 rings (SSSR count). The van der Waals surface area contributed by atoms with Crippen molar-refractivity contribution in [3.05, 3.63) is 65.5 Å². The second kappa shape index (κ2) is 9.49. The molecule has 2 aromatic rings. The molecule has 5 heteroatoms. The SMILES string of the molecule is CC(=O)N(CCC(=O)Nc1ccc(C(C)(C)C)cc1)CCc1ccc(F)cc1. The van der Waals surface area contributed by atoms with Crippen molar-refractivity contribution >= 4 is 17.5 Å². The molecule has 0 aliphatic heterocycles. The van der Waals surface area contributed by atoms with E-state index in [0.29, 0.717) is 19.5 Å². The monoisotopic (exact) mass is 384 g/mol. The molecule has 0 fully saturated rings. The van der Waals surface area contributed by atoms with E-state index in [4.69, 9.17) is 0 Å². The summed E-state index contributed by atoms with van der Waals surface area (Å²) in [5.41, 5.74) is 2.97. The lowest BCUT2D eigenvalue weighted by Gasteiger charge is -2.21. The number of hydrogen-bond acceptors (Lipinski definition) is 2. The second-order valence-corrected chi connectivity index (χ2v) is 8.01. The van der Waals surface area contributed by atoms with Crippen LogP contribution < -0.4 is 5.32 Å². The van der Waals surface area contributed by atoms with Gasteiger partial charge in [-0.2, -0.15) is 0 Å². The van der Waals surface area contributed by atoms with E-state index in [0.717, 1.165) is 11.3 Å². The summed E-state index contributed by atoms with van der Waals surface area (Å²) in [6.07, 6.45) is 0.847. The molecule has 28 heavy (non-hydrogen) atoms. The Morgan fingerprint density at radius 2 is 1.57 bits per heavy atom. The Balaban J connectivity index is 1.84. The van der Waals surface area contributed by atoms with E-state index >= 15 is 0 Å². The number of nitrogens with one attached hydrogen (secondary N) is 1. The number of rotatable bonds is 7. The highest BCUT2D eigenvalue weighted by atomic mass is 19.1. The minimum absolute atomic E-state index is 0.0645. The van der Waals surface area contributed by atoms with Gasteiger partial charge in [0.05, 0.1) is 0 Å². The van der Waals surface area contributed by atoms with Gasteiger partial charge in [-0.15, -0.1) is 0 Å². The van der Waals surface area contributed by atoms with Gasteiger partial charge in [-0.25, -0.2) is 4.39 Å². The highest BCUT2D eigenvalue weighted by molar-refractivity contribution is 5.91. The predicted octanol–water partition coefficient (Wildman–Crippen LogP) is 4.54. The molecule has 0 heterocycles. The molecule has 0 spiro atoms. The van der Waals surface area contributed by atoms with Gasteiger partial charge in [-0.05, 0) is 47.2 Å². The van der Waals surface area contributed by atoms with Crippen molar-refractivity contribution in [2.24, 2.45) is 0 Å². The molecule has 4 nitrogen and oxygen atoms in total. The van der Waals surface area contributed by atoms with Crippen molar-refractivity contribution in [2.45, 2.75) is 46.0 Å². The zero-order valence-corrected chi connectivity index (χ0v) is 17.1. The Morgan fingerprint density at radius 3 is 2.11 bits per heavy atom. The minimum Gasteiger partial charge on any atom is -0.342 e. The molecule has 0 radical (unpaired) electrons. The van der Waals surface area contributed by atoms with Crippen LogP contribution in [0.25, 0.3) is 0 Å². The van der Waals surface area contributed by atoms with Crippen LogP contribution in [-0.2, 0) is 21.4 Å². The lowest BCUT2D eigenvalue weighted by molar-refractivity contribution is -0.129. The van der Waals surface area contributed by atoms with Crippen LogP contribution in [0.4, 0.5) is 10.1 Å². The molecule has 1 N–H and O–H groups in total. The topological polar surface area (TPSA) is 49.4 Å². The number of halogens is 1. The highest BCUT2D eigenvalue weighted by Gasteiger charge is 2.14. The quantitative estimate of drug-likeness (QED) is 0.762. The Labute approximate surface area is 166 Å². The zero-order chi connectivity index (χ0) is 20.7. The lowest BCUT2D eigenvalue weighted by Crippen LogP contribution is -2.33. The van der Waals surface area contributed by atoms with Crippen LogP contribution in [0.15, 0.2) is 48.5 Å². The molecule has 0 bridgehead atoms. The van der Waals surface area contributed by atoms with Gasteiger partial charge in [0, 0.05) is 32.1 Å². The number of benzene rings is 2. The van der Waals surface area contributed by atoms with Crippen molar-refractivity contribution < 1.29 is 14.0 Å². The van der Waals surface area contributed by atoms with Crippen LogP contribution in [0.1, 0.15) is 45.2 Å². The number of carbonyl (C=O) groups is 2. The fourth-order valence-electron chi connectivity index (χ4n) is 2.86. The van der Waals surface area contributed by atoms with Crippen molar-refractivity contribution in [3.8, 4) is 0 Å². The Bertz CT molecular complexity index is 793. The summed E-state index contributed by atoms with van der Waals surface area (Å²) in [5.74, 6) is -0.486. The van der Waals surface area contributed by atoms with E-state index < -0.39 is 0 Å². The molecular formula is C23H29FN2O2. The second-order valence-electron chi connectivity index (χ2n) is 8.01. The van der Waals surface area contributed by atoms with Crippen LogP contribution >= 0.6 is 0 Å². The minimum atomic E-state index is -0.278. The number of amides is 2. The third-order valence-corrected chi connectivity index (χ3v) is 4.67. The van der Waals surface area contributed by atoms with Gasteiger partial charge in [0.2, 0.25) is 11.8 Å². The third kappa shape index (κ3) is 6.80. The summed E-state index contributed by atoms with van der Waals surface area (Å²) in [7, 11) is 0. The first-order chi connectivity index (χ1) is 13.1. The molecule has 150 valence electrons. The van der Waals surface area contributed by atoms with E-state index in [2.05, 4.69) is 26.1 Å². The van der Waals surface area contributed by atoms with E-state index in [9.17, 15) is 14.0 Å². The van der Waals surface area contributed by atoms with Crippen LogP contribution in [0.2, 0.25) is 0 Å². The Kier molecular flexibility index (Phi) is 7.32. The van der Waals surface area contributed by atoms with Crippen molar-refractivity contribution in [1.29, 1.82) is 0 Å². The van der Waals surface area contributed by atoms with Crippen LogP contribution in [0, 0.1) is 5.82 Å². The average molecular weight is 384 g/mol. The van der Waals surface area contributed by atoms with Gasteiger partial charge < -0.3 is 10.2 Å². The number of nitrogens with zero attached hydrogens (tertiary/aromatic N) is 1. The summed E-state index contributed by atoms with van der Waals surface area (Å²) in [6.45, 7) is 8.76. The maximum atomic E-state index is 13.0. The molecule has 0 unspecified atom stereocenters. The zero-order valence-electron chi connectivity index (χ0n) is 17.1. The van der Waals surface area contributed by atoms with Crippen LogP contribution in [-0.4, -0.2) is 29.8 Å². The molecule has 0 aliphatic carbocycles. The fourth-order valence-corrected chi connectivity index (χ4v) is 2.86. The Morgan fingerprint density at radius 1 is 0.964 bits per heavy atom. The van der Waals surface area contributed by atoms with E-state index in [1.54, 1.807) is 17.0 Å². The molecule has 0 aliphatic rings.